The molecule has 2 aromatic rings. The van der Waals surface area contributed by atoms with Gasteiger partial charge in [0.25, 0.3) is 5.91 Å². The number of nitrogens with one attached hydrogen (secondary N) is 2. The van der Waals surface area contributed by atoms with Gasteiger partial charge in [0.05, 0.1) is 16.4 Å². The van der Waals surface area contributed by atoms with Crippen LogP contribution >= 0.6 is 15.9 Å². The maximum Gasteiger partial charge on any atom is 0.404 e. The summed E-state index contributed by atoms with van der Waals surface area (Å²) in [5.41, 5.74) is -0.799. The fourth-order valence-corrected chi connectivity index (χ4v) is 3.76. The van der Waals surface area contributed by atoms with Crippen LogP contribution in [-0.4, -0.2) is 36.1 Å². The van der Waals surface area contributed by atoms with Crippen molar-refractivity contribution in [3.63, 3.8) is 0 Å². The van der Waals surface area contributed by atoms with E-state index in [0.717, 1.165) is 23.9 Å². The van der Waals surface area contributed by atoms with E-state index in [1.807, 2.05) is 0 Å². The Morgan fingerprint density at radius 1 is 1.32 bits per heavy atom. The molecule has 2 rings (SSSR count). The lowest BCUT2D eigenvalue weighted by Gasteiger charge is -2.16. The highest BCUT2D eigenvalue weighted by Gasteiger charge is 2.40. The SMILES string of the molecule is C[C@@H](NS(=O)(=O)c1cn(C)c(C(=O)Nc2cnc(F)c(Br)c2)c1F)C(F)(F)F. The van der Waals surface area contributed by atoms with Gasteiger partial charge >= 0.3 is 6.18 Å². The number of carbonyl (C=O) groups excluding carboxylic acids is 1. The number of aryl methyl sites for hydroxylation is 1. The lowest BCUT2D eigenvalue weighted by atomic mass is 10.3. The number of alkyl halides is 3. The average molecular weight is 491 g/mol. The molecule has 0 saturated carbocycles. The zero-order valence-corrected chi connectivity index (χ0v) is 16.5. The van der Waals surface area contributed by atoms with Gasteiger partial charge in [0.1, 0.15) is 16.6 Å². The first-order valence-electron chi connectivity index (χ1n) is 7.30. The number of rotatable bonds is 5. The first-order valence-corrected chi connectivity index (χ1v) is 9.58. The van der Waals surface area contributed by atoms with Gasteiger partial charge in [-0.05, 0) is 28.9 Å². The molecule has 154 valence electrons. The highest BCUT2D eigenvalue weighted by atomic mass is 79.9. The van der Waals surface area contributed by atoms with E-state index in [2.05, 4.69) is 26.2 Å². The topological polar surface area (TPSA) is 93.1 Å². The van der Waals surface area contributed by atoms with Gasteiger partial charge in [-0.2, -0.15) is 22.3 Å². The van der Waals surface area contributed by atoms with Gasteiger partial charge in [-0.3, -0.25) is 4.79 Å². The Balaban J connectivity index is 2.34. The molecule has 0 aromatic carbocycles. The quantitative estimate of drug-likeness (QED) is 0.497. The predicted molar refractivity (Wildman–Crippen MR) is 91.1 cm³/mol. The Morgan fingerprint density at radius 3 is 2.46 bits per heavy atom. The van der Waals surface area contributed by atoms with E-state index in [1.165, 1.54) is 4.72 Å². The van der Waals surface area contributed by atoms with Gasteiger partial charge in [0, 0.05) is 13.2 Å². The van der Waals surface area contributed by atoms with Crippen molar-refractivity contribution >= 4 is 37.5 Å². The van der Waals surface area contributed by atoms with E-state index in [-0.39, 0.29) is 10.2 Å². The Kier molecular flexibility index (Phi) is 6.16. The van der Waals surface area contributed by atoms with Gasteiger partial charge in [0.15, 0.2) is 5.82 Å². The second-order valence-electron chi connectivity index (χ2n) is 5.60. The van der Waals surface area contributed by atoms with Crippen molar-refractivity contribution in [3.8, 4) is 0 Å². The van der Waals surface area contributed by atoms with Crippen molar-refractivity contribution in [2.75, 3.05) is 5.32 Å². The van der Waals surface area contributed by atoms with Crippen LogP contribution in [0.1, 0.15) is 17.4 Å². The van der Waals surface area contributed by atoms with Crippen LogP contribution in [0.3, 0.4) is 0 Å². The molecule has 2 N–H and O–H groups in total. The fourth-order valence-electron chi connectivity index (χ4n) is 2.06. The molecule has 0 aliphatic heterocycles. The summed E-state index contributed by atoms with van der Waals surface area (Å²) in [6.45, 7) is 0.547. The van der Waals surface area contributed by atoms with E-state index >= 15 is 0 Å². The molecule has 0 aliphatic carbocycles. The van der Waals surface area contributed by atoms with E-state index in [4.69, 9.17) is 0 Å². The van der Waals surface area contributed by atoms with E-state index < -0.39 is 50.5 Å². The maximum atomic E-state index is 14.6. The molecule has 28 heavy (non-hydrogen) atoms. The second-order valence-corrected chi connectivity index (χ2v) is 8.14. The van der Waals surface area contributed by atoms with Crippen molar-refractivity contribution < 1.29 is 35.2 Å². The van der Waals surface area contributed by atoms with Crippen LogP contribution in [0.15, 0.2) is 27.8 Å². The minimum absolute atomic E-state index is 0.0351. The monoisotopic (exact) mass is 490 g/mol. The molecule has 2 aromatic heterocycles. The second kappa shape index (κ2) is 7.75. The first-order chi connectivity index (χ1) is 12.7. The Morgan fingerprint density at radius 2 is 1.93 bits per heavy atom. The zero-order valence-electron chi connectivity index (χ0n) is 14.1. The number of hydrogen-bond acceptors (Lipinski definition) is 4. The highest BCUT2D eigenvalue weighted by molar-refractivity contribution is 9.10. The van der Waals surface area contributed by atoms with Crippen LogP contribution in [0.5, 0.6) is 0 Å². The molecule has 0 unspecified atom stereocenters. The third-order valence-electron chi connectivity index (χ3n) is 3.47. The lowest BCUT2D eigenvalue weighted by molar-refractivity contribution is -0.147. The van der Waals surface area contributed by atoms with Gasteiger partial charge in [-0.1, -0.05) is 0 Å². The standard InChI is InChI=1S/C14H12BrF5N4O3S/c1-6(14(18,19)20)23-28(26,27)9-5-24(2)11(10(9)16)13(25)22-7-3-8(15)12(17)21-4-7/h3-6,23H,1-2H3,(H,22,25)/t6-/m1/s1. The minimum Gasteiger partial charge on any atom is -0.343 e. The summed E-state index contributed by atoms with van der Waals surface area (Å²) in [5, 5.41) is 2.18. The Bertz CT molecular complexity index is 1020. The van der Waals surface area contributed by atoms with Crippen LogP contribution < -0.4 is 10.0 Å². The molecule has 0 aliphatic rings. The molecule has 0 saturated heterocycles. The number of anilines is 1. The first kappa shape index (κ1) is 22.2. The van der Waals surface area contributed by atoms with E-state index in [1.54, 1.807) is 0 Å². The number of hydrogen-bond donors (Lipinski definition) is 2. The van der Waals surface area contributed by atoms with Crippen LogP contribution in [0, 0.1) is 11.8 Å². The summed E-state index contributed by atoms with van der Waals surface area (Å²) < 4.78 is 91.6. The molecule has 0 radical (unpaired) electrons. The number of carbonyl (C=O) groups is 1. The minimum atomic E-state index is -4.91. The molecule has 1 atom stereocenters. The van der Waals surface area contributed by atoms with Crippen LogP contribution in [0.2, 0.25) is 0 Å². The smallest absolute Gasteiger partial charge is 0.343 e. The van der Waals surface area contributed by atoms with E-state index in [0.29, 0.717) is 13.1 Å². The average Bonchev–Trinajstić information content (AvgIpc) is 2.85. The van der Waals surface area contributed by atoms with Crippen molar-refractivity contribution in [2.24, 2.45) is 7.05 Å². The number of pyridine rings is 1. The summed E-state index contributed by atoms with van der Waals surface area (Å²) in [4.78, 5) is 14.5. The molecule has 7 nitrogen and oxygen atoms in total. The zero-order chi connectivity index (χ0) is 21.4. The van der Waals surface area contributed by atoms with Crippen molar-refractivity contribution in [1.29, 1.82) is 0 Å². The van der Waals surface area contributed by atoms with Crippen molar-refractivity contribution in [3.05, 3.63) is 40.4 Å². The van der Waals surface area contributed by atoms with Gasteiger partial charge < -0.3 is 9.88 Å². The molecule has 0 bridgehead atoms. The van der Waals surface area contributed by atoms with Crippen LogP contribution in [0.4, 0.5) is 27.6 Å². The number of halogens is 6. The Labute approximate surface area is 164 Å². The summed E-state index contributed by atoms with van der Waals surface area (Å²) in [7, 11) is -3.78. The summed E-state index contributed by atoms with van der Waals surface area (Å²) in [6.07, 6.45) is -3.29. The number of nitrogens with zero attached hydrogens (tertiary/aromatic N) is 2. The number of aromatic nitrogens is 2. The third kappa shape index (κ3) is 4.67. The molecule has 0 spiro atoms. The predicted octanol–water partition coefficient (Wildman–Crippen LogP) is 2.94. The third-order valence-corrected chi connectivity index (χ3v) is 5.55. The summed E-state index contributed by atoms with van der Waals surface area (Å²) >= 11 is 2.84. The van der Waals surface area contributed by atoms with Gasteiger partial charge in [0.2, 0.25) is 16.0 Å². The molecule has 0 fully saturated rings. The largest absolute Gasteiger partial charge is 0.404 e. The molecular weight excluding hydrogens is 479 g/mol. The summed E-state index contributed by atoms with van der Waals surface area (Å²) in [6, 6.07) is -1.34. The normalized spacial score (nSPS) is 13.4. The highest BCUT2D eigenvalue weighted by Crippen LogP contribution is 2.25. The fraction of sp³-hybridized carbons (Fsp3) is 0.286. The Hall–Kier alpha value is -2.06. The number of amides is 1. The van der Waals surface area contributed by atoms with Crippen LogP contribution in [0.25, 0.3) is 0 Å². The number of sulfonamides is 1. The van der Waals surface area contributed by atoms with E-state index in [9.17, 15) is 35.2 Å². The van der Waals surface area contributed by atoms with Crippen molar-refractivity contribution in [2.45, 2.75) is 24.0 Å². The van der Waals surface area contributed by atoms with Gasteiger partial charge in [-0.25, -0.2) is 17.8 Å². The lowest BCUT2D eigenvalue weighted by Crippen LogP contribution is -2.43. The molecule has 14 heteroatoms. The van der Waals surface area contributed by atoms with Crippen LogP contribution in [-0.2, 0) is 17.1 Å². The molecule has 2 heterocycles. The molecular formula is C14H12BrF5N4O3S. The molecule has 1 amide bonds. The van der Waals surface area contributed by atoms with Crippen molar-refractivity contribution in [1.82, 2.24) is 14.3 Å². The van der Waals surface area contributed by atoms with Gasteiger partial charge in [-0.15, -0.1) is 0 Å². The summed E-state index contributed by atoms with van der Waals surface area (Å²) in [5.74, 6) is -3.53. The maximum absolute atomic E-state index is 14.6.